The maximum atomic E-state index is 14.8. The van der Waals surface area contributed by atoms with Gasteiger partial charge in [-0.3, -0.25) is 9.59 Å². The summed E-state index contributed by atoms with van der Waals surface area (Å²) in [6, 6.07) is 9.86. The van der Waals surface area contributed by atoms with Crippen molar-refractivity contribution in [3.8, 4) is 0 Å². The SMILES string of the molecule is CC(C)(O)c1ccc(C2=CC(C(N)=O)C(Nc3cccc(CNCC(=O)NCCO)n3)S2)c(F)c1. The van der Waals surface area contributed by atoms with Crippen LogP contribution in [-0.4, -0.2) is 52.1 Å². The van der Waals surface area contributed by atoms with E-state index in [0.29, 0.717) is 34.1 Å². The summed E-state index contributed by atoms with van der Waals surface area (Å²) in [5.74, 6) is -1.47. The summed E-state index contributed by atoms with van der Waals surface area (Å²) in [4.78, 5) is 28.8. The Labute approximate surface area is 207 Å². The number of aromatic nitrogens is 1. The second kappa shape index (κ2) is 11.6. The summed E-state index contributed by atoms with van der Waals surface area (Å²) >= 11 is 1.28. The number of aliphatic hydroxyl groups excluding tert-OH is 1. The van der Waals surface area contributed by atoms with Crippen molar-refractivity contribution in [2.75, 3.05) is 25.0 Å². The van der Waals surface area contributed by atoms with E-state index in [4.69, 9.17) is 10.8 Å². The van der Waals surface area contributed by atoms with Crippen LogP contribution in [0.5, 0.6) is 0 Å². The van der Waals surface area contributed by atoms with Crippen molar-refractivity contribution < 1.29 is 24.2 Å². The predicted molar refractivity (Wildman–Crippen MR) is 133 cm³/mol. The number of thioether (sulfide) groups is 1. The van der Waals surface area contributed by atoms with E-state index in [1.54, 1.807) is 50.3 Å². The Hall–Kier alpha value is -2.99. The van der Waals surface area contributed by atoms with Crippen LogP contribution in [0, 0.1) is 11.7 Å². The molecule has 188 valence electrons. The molecule has 35 heavy (non-hydrogen) atoms. The normalized spacial score (nSPS) is 17.7. The van der Waals surface area contributed by atoms with Gasteiger partial charge in [0.15, 0.2) is 0 Å². The first-order chi connectivity index (χ1) is 16.6. The van der Waals surface area contributed by atoms with E-state index < -0.39 is 28.6 Å². The molecular weight excluding hydrogens is 473 g/mol. The molecule has 1 aliphatic rings. The Morgan fingerprint density at radius 1 is 1.26 bits per heavy atom. The first-order valence-electron chi connectivity index (χ1n) is 11.1. The van der Waals surface area contributed by atoms with E-state index in [0.717, 1.165) is 0 Å². The maximum absolute atomic E-state index is 14.8. The number of hydrogen-bond donors (Lipinski definition) is 6. The number of nitrogens with one attached hydrogen (secondary N) is 3. The standard InChI is InChI=1S/C24H30FN5O4S/c1-24(2,34)14-6-7-16(18(25)10-14)19-11-17(22(26)33)23(35-19)30-20-5-3-4-15(29-20)12-27-13-21(32)28-8-9-31/h3-7,10-11,17,23,27,31,34H,8-9,12-13H2,1-2H3,(H2,26,33)(H,28,32)(H,29,30). The molecule has 9 nitrogen and oxygen atoms in total. The third kappa shape index (κ3) is 7.25. The number of carbonyl (C=O) groups is 2. The van der Waals surface area contributed by atoms with Gasteiger partial charge >= 0.3 is 0 Å². The smallest absolute Gasteiger partial charge is 0.234 e. The minimum Gasteiger partial charge on any atom is -0.395 e. The topological polar surface area (TPSA) is 150 Å². The molecule has 2 atom stereocenters. The number of hydrogen-bond acceptors (Lipinski definition) is 8. The number of carbonyl (C=O) groups excluding carboxylic acids is 2. The van der Waals surface area contributed by atoms with Crippen LogP contribution >= 0.6 is 11.8 Å². The van der Waals surface area contributed by atoms with Crippen molar-refractivity contribution in [1.82, 2.24) is 15.6 Å². The Morgan fingerprint density at radius 3 is 2.69 bits per heavy atom. The molecule has 3 rings (SSSR count). The van der Waals surface area contributed by atoms with Gasteiger partial charge in [0.05, 0.1) is 35.7 Å². The predicted octanol–water partition coefficient (Wildman–Crippen LogP) is 1.27. The van der Waals surface area contributed by atoms with Gasteiger partial charge in [-0.1, -0.05) is 36.0 Å². The van der Waals surface area contributed by atoms with E-state index in [2.05, 4.69) is 20.9 Å². The highest BCUT2D eigenvalue weighted by atomic mass is 32.2. The largest absolute Gasteiger partial charge is 0.395 e. The zero-order chi connectivity index (χ0) is 25.6. The van der Waals surface area contributed by atoms with Gasteiger partial charge in [0.1, 0.15) is 11.6 Å². The Morgan fingerprint density at radius 2 is 2.03 bits per heavy atom. The van der Waals surface area contributed by atoms with E-state index in [1.165, 1.54) is 17.8 Å². The molecule has 0 radical (unpaired) electrons. The van der Waals surface area contributed by atoms with Crippen LogP contribution in [0.3, 0.4) is 0 Å². The highest BCUT2D eigenvalue weighted by Crippen LogP contribution is 2.43. The van der Waals surface area contributed by atoms with Crippen LogP contribution in [0.4, 0.5) is 10.2 Å². The number of nitrogens with two attached hydrogens (primary N) is 1. The summed E-state index contributed by atoms with van der Waals surface area (Å²) in [6.45, 7) is 3.64. The molecule has 2 unspecified atom stereocenters. The first-order valence-corrected chi connectivity index (χ1v) is 12.0. The number of benzene rings is 1. The molecule has 0 saturated carbocycles. The van der Waals surface area contributed by atoms with Gasteiger partial charge in [-0.05, 0) is 37.6 Å². The van der Waals surface area contributed by atoms with Gasteiger partial charge in [-0.25, -0.2) is 9.37 Å². The lowest BCUT2D eigenvalue weighted by Gasteiger charge is -2.20. The molecule has 2 heterocycles. The van der Waals surface area contributed by atoms with Crippen molar-refractivity contribution in [1.29, 1.82) is 0 Å². The van der Waals surface area contributed by atoms with Crippen LogP contribution in [0.2, 0.25) is 0 Å². The minimum absolute atomic E-state index is 0.0761. The zero-order valence-electron chi connectivity index (χ0n) is 19.5. The summed E-state index contributed by atoms with van der Waals surface area (Å²) in [5, 5.41) is 27.1. The number of amides is 2. The Balaban J connectivity index is 1.67. The van der Waals surface area contributed by atoms with Gasteiger partial charge in [0.25, 0.3) is 0 Å². The zero-order valence-corrected chi connectivity index (χ0v) is 20.4. The number of aliphatic hydroxyl groups is 2. The van der Waals surface area contributed by atoms with Crippen molar-refractivity contribution in [3.05, 3.63) is 65.1 Å². The van der Waals surface area contributed by atoms with Crippen LogP contribution in [0.1, 0.15) is 30.7 Å². The van der Waals surface area contributed by atoms with E-state index in [-0.39, 0.29) is 25.6 Å². The quantitative estimate of drug-likeness (QED) is 0.268. The molecule has 0 fully saturated rings. The lowest BCUT2D eigenvalue weighted by atomic mass is 9.96. The molecule has 1 aromatic heterocycles. The van der Waals surface area contributed by atoms with E-state index in [9.17, 15) is 19.1 Å². The third-order valence-corrected chi connectivity index (χ3v) is 6.58. The molecule has 2 aromatic rings. The van der Waals surface area contributed by atoms with Crippen LogP contribution in [-0.2, 0) is 21.7 Å². The number of nitrogens with zero attached hydrogens (tertiary/aromatic N) is 1. The molecular formula is C24H30FN5O4S. The Bertz CT molecular complexity index is 1110. The molecule has 0 saturated heterocycles. The van der Waals surface area contributed by atoms with Crippen LogP contribution < -0.4 is 21.7 Å². The highest BCUT2D eigenvalue weighted by molar-refractivity contribution is 8.09. The Kier molecular flexibility index (Phi) is 8.84. The van der Waals surface area contributed by atoms with Crippen molar-refractivity contribution in [2.24, 2.45) is 11.7 Å². The number of primary amides is 1. The summed E-state index contributed by atoms with van der Waals surface area (Å²) < 4.78 is 14.8. The molecule has 11 heteroatoms. The summed E-state index contributed by atoms with van der Waals surface area (Å²) in [7, 11) is 0. The van der Waals surface area contributed by atoms with Crippen LogP contribution in [0.25, 0.3) is 4.91 Å². The van der Waals surface area contributed by atoms with Crippen molar-refractivity contribution in [3.63, 3.8) is 0 Å². The lowest BCUT2D eigenvalue weighted by Crippen LogP contribution is -2.35. The van der Waals surface area contributed by atoms with Gasteiger partial charge < -0.3 is 31.9 Å². The third-order valence-electron chi connectivity index (χ3n) is 5.30. The average molecular weight is 504 g/mol. The molecule has 7 N–H and O–H groups in total. The fourth-order valence-electron chi connectivity index (χ4n) is 3.47. The second-order valence-corrected chi connectivity index (χ2v) is 9.77. The fraction of sp³-hybridized carbons (Fsp3) is 0.375. The number of anilines is 1. The number of pyridine rings is 1. The molecule has 1 aliphatic heterocycles. The van der Waals surface area contributed by atoms with E-state index in [1.807, 2.05) is 0 Å². The molecule has 0 aliphatic carbocycles. The van der Waals surface area contributed by atoms with Gasteiger partial charge in [-0.15, -0.1) is 0 Å². The molecule has 2 amide bonds. The highest BCUT2D eigenvalue weighted by Gasteiger charge is 2.34. The number of halogens is 1. The van der Waals surface area contributed by atoms with Crippen molar-refractivity contribution >= 4 is 34.3 Å². The molecule has 0 spiro atoms. The van der Waals surface area contributed by atoms with E-state index >= 15 is 0 Å². The van der Waals surface area contributed by atoms with Gasteiger partial charge in [0, 0.05) is 23.6 Å². The summed E-state index contributed by atoms with van der Waals surface area (Å²) in [6.07, 6.45) is 1.64. The average Bonchev–Trinajstić information content (AvgIpc) is 3.21. The molecule has 1 aromatic carbocycles. The number of rotatable bonds is 11. The maximum Gasteiger partial charge on any atom is 0.234 e. The van der Waals surface area contributed by atoms with Crippen molar-refractivity contribution in [2.45, 2.75) is 31.4 Å². The first kappa shape index (κ1) is 26.6. The lowest BCUT2D eigenvalue weighted by molar-refractivity contribution is -0.121. The van der Waals surface area contributed by atoms with Crippen LogP contribution in [0.15, 0.2) is 42.5 Å². The van der Waals surface area contributed by atoms with Gasteiger partial charge in [-0.2, -0.15) is 0 Å². The van der Waals surface area contributed by atoms with Gasteiger partial charge in [0.2, 0.25) is 11.8 Å². The fourth-order valence-corrected chi connectivity index (χ4v) is 4.80. The molecule has 0 bridgehead atoms. The minimum atomic E-state index is -1.18. The monoisotopic (exact) mass is 503 g/mol. The second-order valence-electron chi connectivity index (χ2n) is 8.59. The summed E-state index contributed by atoms with van der Waals surface area (Å²) in [5.41, 5.74) is 5.88.